The molecule has 1 heterocycles. The van der Waals surface area contributed by atoms with Crippen LogP contribution in [0.3, 0.4) is 0 Å². The summed E-state index contributed by atoms with van der Waals surface area (Å²) in [5.74, 6) is 3.27. The van der Waals surface area contributed by atoms with Gasteiger partial charge in [-0.3, -0.25) is 9.80 Å². The van der Waals surface area contributed by atoms with E-state index >= 15 is 0 Å². The average Bonchev–Trinajstić information content (AvgIpc) is 3.25. The third-order valence-electron chi connectivity index (χ3n) is 8.96. The Hall–Kier alpha value is -2.76. The lowest BCUT2D eigenvalue weighted by Gasteiger charge is -2.41. The third-order valence-corrected chi connectivity index (χ3v) is 8.96. The van der Waals surface area contributed by atoms with Crippen LogP contribution < -0.4 is 4.74 Å². The lowest BCUT2D eigenvalue weighted by molar-refractivity contribution is 0.147. The molecule has 39 heavy (non-hydrogen) atoms. The van der Waals surface area contributed by atoms with Crippen LogP contribution in [0, 0.1) is 11.8 Å². The summed E-state index contributed by atoms with van der Waals surface area (Å²) < 4.78 is 11.8. The zero-order valence-electron chi connectivity index (χ0n) is 23.9. The van der Waals surface area contributed by atoms with Gasteiger partial charge in [0.05, 0.1) is 7.11 Å². The van der Waals surface area contributed by atoms with Crippen LogP contribution in [0.1, 0.15) is 55.7 Å². The molecule has 5 rings (SSSR count). The van der Waals surface area contributed by atoms with Crippen molar-refractivity contribution in [3.05, 3.63) is 83.1 Å². The molecule has 3 atom stereocenters. The monoisotopic (exact) mass is 530 g/mol. The van der Waals surface area contributed by atoms with Crippen molar-refractivity contribution < 1.29 is 14.6 Å². The molecule has 210 valence electrons. The van der Waals surface area contributed by atoms with Crippen molar-refractivity contribution in [2.45, 2.75) is 64.5 Å². The first-order chi connectivity index (χ1) is 19.1. The van der Waals surface area contributed by atoms with Crippen LogP contribution in [0.2, 0.25) is 0 Å². The van der Waals surface area contributed by atoms with Gasteiger partial charge < -0.3 is 14.6 Å². The molecule has 1 fully saturated rings. The SMILES string of the molecule is CCN(Cc1ccc(OCCN2CCCCCC2)cc1)C1C=C(OC)C=CC1[C@@H]1CCc2cc(O)ccc2C1. The van der Waals surface area contributed by atoms with Crippen LogP contribution in [-0.2, 0) is 24.1 Å². The van der Waals surface area contributed by atoms with E-state index in [1.165, 1.54) is 55.5 Å². The number of hydrogen-bond donors (Lipinski definition) is 1. The summed E-state index contributed by atoms with van der Waals surface area (Å²) >= 11 is 0. The van der Waals surface area contributed by atoms with Crippen LogP contribution in [0.5, 0.6) is 11.5 Å². The number of likely N-dealkylation sites (tertiary alicyclic amines) is 1. The lowest BCUT2D eigenvalue weighted by atomic mass is 9.72. The minimum atomic E-state index is 0.281. The first-order valence-corrected chi connectivity index (χ1v) is 15.1. The molecule has 0 radical (unpaired) electrons. The van der Waals surface area contributed by atoms with E-state index in [-0.39, 0.29) is 6.04 Å². The van der Waals surface area contributed by atoms with Gasteiger partial charge in [-0.05, 0) is 117 Å². The smallest absolute Gasteiger partial charge is 0.119 e. The van der Waals surface area contributed by atoms with Crippen molar-refractivity contribution in [2.75, 3.05) is 39.9 Å². The fourth-order valence-electron chi connectivity index (χ4n) is 6.68. The van der Waals surface area contributed by atoms with Gasteiger partial charge in [0, 0.05) is 19.1 Å². The van der Waals surface area contributed by atoms with E-state index < -0.39 is 0 Å². The molecule has 0 bridgehead atoms. The maximum Gasteiger partial charge on any atom is 0.119 e. The molecule has 0 amide bonds. The average molecular weight is 531 g/mol. The Morgan fingerprint density at radius 1 is 1.00 bits per heavy atom. The van der Waals surface area contributed by atoms with Crippen LogP contribution in [0.15, 0.2) is 66.5 Å². The minimum Gasteiger partial charge on any atom is -0.508 e. The highest BCUT2D eigenvalue weighted by atomic mass is 16.5. The van der Waals surface area contributed by atoms with Gasteiger partial charge in [0.2, 0.25) is 0 Å². The molecule has 2 unspecified atom stereocenters. The van der Waals surface area contributed by atoms with Gasteiger partial charge >= 0.3 is 0 Å². The molecule has 0 spiro atoms. The summed E-state index contributed by atoms with van der Waals surface area (Å²) in [4.78, 5) is 5.13. The fraction of sp³-hybridized carbons (Fsp3) is 0.529. The molecule has 1 saturated heterocycles. The molecular formula is C34H46N2O3. The first kappa shape index (κ1) is 27.8. The Morgan fingerprint density at radius 2 is 1.79 bits per heavy atom. The van der Waals surface area contributed by atoms with Gasteiger partial charge in [-0.25, -0.2) is 0 Å². The molecular weight excluding hydrogens is 484 g/mol. The first-order valence-electron chi connectivity index (χ1n) is 15.1. The van der Waals surface area contributed by atoms with E-state index in [1.54, 1.807) is 7.11 Å². The van der Waals surface area contributed by atoms with Gasteiger partial charge in [0.25, 0.3) is 0 Å². The predicted molar refractivity (Wildman–Crippen MR) is 158 cm³/mol. The molecule has 0 aromatic heterocycles. The maximum absolute atomic E-state index is 9.92. The molecule has 1 N–H and O–H groups in total. The molecule has 1 aliphatic heterocycles. The Bertz CT molecular complexity index is 1120. The number of aromatic hydroxyl groups is 1. The molecule has 2 aromatic rings. The minimum absolute atomic E-state index is 0.281. The standard InChI is InChI=1S/C34H46N2O3/c1-3-36(25-26-8-14-31(15-9-26)39-21-20-35-18-6-4-5-7-19-35)34-24-32(38-2)16-17-33(34)29-11-10-28-23-30(37)13-12-27(28)22-29/h8-9,12-17,23-24,29,33-34,37H,3-7,10-11,18-22,25H2,1-2H3/t29-,33?,34?/m1/s1. The topological polar surface area (TPSA) is 45.2 Å². The fourth-order valence-corrected chi connectivity index (χ4v) is 6.68. The Morgan fingerprint density at radius 3 is 2.54 bits per heavy atom. The van der Waals surface area contributed by atoms with Crippen molar-refractivity contribution in [3.63, 3.8) is 0 Å². The number of nitrogens with zero attached hydrogens (tertiary/aromatic N) is 2. The molecule has 5 nitrogen and oxygen atoms in total. The largest absolute Gasteiger partial charge is 0.508 e. The van der Waals surface area contributed by atoms with E-state index in [1.807, 2.05) is 12.1 Å². The van der Waals surface area contributed by atoms with Crippen LogP contribution in [0.25, 0.3) is 0 Å². The van der Waals surface area contributed by atoms with Crippen molar-refractivity contribution >= 4 is 0 Å². The molecule has 0 saturated carbocycles. The number of ether oxygens (including phenoxy) is 2. The second kappa shape index (κ2) is 13.5. The third kappa shape index (κ3) is 7.26. The normalized spacial score (nSPS) is 23.7. The van der Waals surface area contributed by atoms with E-state index in [0.717, 1.165) is 57.0 Å². The highest BCUT2D eigenvalue weighted by Gasteiger charge is 2.34. The number of hydrogen-bond acceptors (Lipinski definition) is 5. The van der Waals surface area contributed by atoms with Crippen LogP contribution in [0.4, 0.5) is 0 Å². The van der Waals surface area contributed by atoms with E-state index in [4.69, 9.17) is 9.47 Å². The number of benzene rings is 2. The summed E-state index contributed by atoms with van der Waals surface area (Å²) in [6.45, 7) is 8.31. The van der Waals surface area contributed by atoms with Crippen molar-refractivity contribution in [2.24, 2.45) is 11.8 Å². The summed E-state index contributed by atoms with van der Waals surface area (Å²) in [6, 6.07) is 14.9. The van der Waals surface area contributed by atoms with Crippen molar-refractivity contribution in [1.82, 2.24) is 9.80 Å². The van der Waals surface area contributed by atoms with Crippen LogP contribution >= 0.6 is 0 Å². The van der Waals surface area contributed by atoms with Crippen molar-refractivity contribution in [3.8, 4) is 11.5 Å². The van der Waals surface area contributed by atoms with Crippen LogP contribution in [-0.4, -0.2) is 60.8 Å². The van der Waals surface area contributed by atoms with Gasteiger partial charge in [-0.1, -0.05) is 44.0 Å². The number of likely N-dealkylation sites (N-methyl/N-ethyl adjacent to an activating group) is 1. The summed E-state index contributed by atoms with van der Waals surface area (Å²) in [5.41, 5.74) is 3.99. The van der Waals surface area contributed by atoms with E-state index in [0.29, 0.717) is 17.6 Å². The summed E-state index contributed by atoms with van der Waals surface area (Å²) in [5, 5.41) is 9.92. The zero-order chi connectivity index (χ0) is 27.0. The van der Waals surface area contributed by atoms with Gasteiger partial charge in [0.1, 0.15) is 23.9 Å². The van der Waals surface area contributed by atoms with E-state index in [9.17, 15) is 5.11 Å². The summed E-state index contributed by atoms with van der Waals surface area (Å²) in [6.07, 6.45) is 15.4. The second-order valence-electron chi connectivity index (χ2n) is 11.5. The predicted octanol–water partition coefficient (Wildman–Crippen LogP) is 6.36. The number of rotatable bonds is 10. The van der Waals surface area contributed by atoms with Gasteiger partial charge in [-0.2, -0.15) is 0 Å². The lowest BCUT2D eigenvalue weighted by Crippen LogP contribution is -2.43. The Balaban J connectivity index is 1.22. The number of fused-ring (bicyclic) bond motifs is 1. The second-order valence-corrected chi connectivity index (χ2v) is 11.5. The quantitative estimate of drug-likeness (QED) is 0.387. The summed E-state index contributed by atoms with van der Waals surface area (Å²) in [7, 11) is 1.76. The maximum atomic E-state index is 9.92. The molecule has 2 aliphatic carbocycles. The number of phenolic OH excluding ortho intramolecular Hbond substituents is 1. The number of methoxy groups -OCH3 is 1. The number of allylic oxidation sites excluding steroid dienone is 1. The Kier molecular flexibility index (Phi) is 9.65. The van der Waals surface area contributed by atoms with Gasteiger partial charge in [0.15, 0.2) is 0 Å². The molecule has 3 aliphatic rings. The molecule has 2 aromatic carbocycles. The highest BCUT2D eigenvalue weighted by molar-refractivity contribution is 5.37. The Labute approximate surface area is 235 Å². The molecule has 5 heteroatoms. The number of phenols is 1. The van der Waals surface area contributed by atoms with E-state index in [2.05, 4.69) is 65.3 Å². The zero-order valence-corrected chi connectivity index (χ0v) is 23.9. The van der Waals surface area contributed by atoms with Crippen molar-refractivity contribution in [1.29, 1.82) is 0 Å². The highest BCUT2D eigenvalue weighted by Crippen LogP contribution is 2.38. The van der Waals surface area contributed by atoms with Gasteiger partial charge in [-0.15, -0.1) is 0 Å². The number of aryl methyl sites for hydroxylation is 1.